The van der Waals surface area contributed by atoms with Gasteiger partial charge in [-0.05, 0) is 61.9 Å². The molecule has 0 fully saturated rings. The molecule has 0 atom stereocenters. The Morgan fingerprint density at radius 3 is 2.21 bits per heavy atom. The van der Waals surface area contributed by atoms with Crippen molar-refractivity contribution in [3.8, 4) is 17.0 Å². The van der Waals surface area contributed by atoms with Crippen LogP contribution in [0.5, 0.6) is 5.75 Å². The third-order valence-corrected chi connectivity index (χ3v) is 5.84. The smallest absolute Gasteiger partial charge is 0.329 e. The lowest BCUT2D eigenvalue weighted by Gasteiger charge is -2.14. The summed E-state index contributed by atoms with van der Waals surface area (Å²) >= 11 is 1.61. The molecule has 0 spiro atoms. The summed E-state index contributed by atoms with van der Waals surface area (Å²) in [6.07, 6.45) is 2.01. The molecule has 3 rings (SSSR count). The van der Waals surface area contributed by atoms with Crippen LogP contribution >= 0.6 is 11.8 Å². The SMILES string of the molecule is COc1ccc(-c2c/c(=N/c3c(C)cc(C)cc3C)n(C)c(=O)n2C)cc1SC. The van der Waals surface area contributed by atoms with Crippen molar-refractivity contribution < 1.29 is 4.74 Å². The molecule has 0 saturated carbocycles. The van der Waals surface area contributed by atoms with Gasteiger partial charge in [0.15, 0.2) is 0 Å². The number of hydrogen-bond acceptors (Lipinski definition) is 4. The number of aromatic nitrogens is 2. The van der Waals surface area contributed by atoms with Crippen molar-refractivity contribution in [1.29, 1.82) is 0 Å². The molecule has 6 heteroatoms. The number of benzene rings is 2. The second-order valence-electron chi connectivity index (χ2n) is 7.22. The summed E-state index contributed by atoms with van der Waals surface area (Å²) in [7, 11) is 5.20. The summed E-state index contributed by atoms with van der Waals surface area (Å²) in [5.41, 5.74) is 6.57. The molecule has 0 unspecified atom stereocenters. The van der Waals surface area contributed by atoms with Gasteiger partial charge in [-0.1, -0.05) is 17.7 Å². The molecule has 152 valence electrons. The number of ether oxygens (including phenoxy) is 1. The molecule has 0 saturated heterocycles. The zero-order valence-electron chi connectivity index (χ0n) is 18.0. The summed E-state index contributed by atoms with van der Waals surface area (Å²) in [6, 6.07) is 12.1. The maximum atomic E-state index is 12.9. The van der Waals surface area contributed by atoms with Gasteiger partial charge in [0.25, 0.3) is 0 Å². The lowest BCUT2D eigenvalue weighted by molar-refractivity contribution is 0.405. The summed E-state index contributed by atoms with van der Waals surface area (Å²) in [4.78, 5) is 18.8. The zero-order chi connectivity index (χ0) is 21.3. The molecular formula is C23H27N3O2S. The van der Waals surface area contributed by atoms with Crippen LogP contribution in [0.1, 0.15) is 16.7 Å². The lowest BCUT2D eigenvalue weighted by Crippen LogP contribution is -2.37. The summed E-state index contributed by atoms with van der Waals surface area (Å²) in [5, 5.41) is 0. The van der Waals surface area contributed by atoms with Gasteiger partial charge >= 0.3 is 5.69 Å². The number of methoxy groups -OCH3 is 1. The van der Waals surface area contributed by atoms with Gasteiger partial charge in [0.05, 0.1) is 18.5 Å². The van der Waals surface area contributed by atoms with Gasteiger partial charge in [0.2, 0.25) is 0 Å². The van der Waals surface area contributed by atoms with Crippen LogP contribution in [0.15, 0.2) is 51.1 Å². The van der Waals surface area contributed by atoms with E-state index < -0.39 is 0 Å². The fourth-order valence-electron chi connectivity index (χ4n) is 3.59. The minimum Gasteiger partial charge on any atom is -0.496 e. The Bertz CT molecular complexity index is 1180. The molecule has 3 aromatic rings. The van der Waals surface area contributed by atoms with E-state index in [1.165, 1.54) is 5.56 Å². The highest BCUT2D eigenvalue weighted by atomic mass is 32.2. The second-order valence-corrected chi connectivity index (χ2v) is 8.07. The topological polar surface area (TPSA) is 48.5 Å². The Morgan fingerprint density at radius 2 is 1.62 bits per heavy atom. The molecule has 0 aliphatic heterocycles. The van der Waals surface area contributed by atoms with E-state index in [1.807, 2.05) is 30.5 Å². The Morgan fingerprint density at radius 1 is 0.966 bits per heavy atom. The van der Waals surface area contributed by atoms with E-state index in [0.717, 1.165) is 38.7 Å². The van der Waals surface area contributed by atoms with Crippen LogP contribution in [0.25, 0.3) is 11.3 Å². The van der Waals surface area contributed by atoms with Crippen molar-refractivity contribution >= 4 is 17.4 Å². The molecule has 0 radical (unpaired) electrons. The molecule has 1 aromatic heterocycles. The number of hydrogen-bond donors (Lipinski definition) is 0. The van der Waals surface area contributed by atoms with E-state index in [0.29, 0.717) is 5.49 Å². The van der Waals surface area contributed by atoms with Gasteiger partial charge in [-0.3, -0.25) is 9.13 Å². The second kappa shape index (κ2) is 8.33. The molecule has 2 aromatic carbocycles. The fourth-order valence-corrected chi connectivity index (χ4v) is 4.18. The minimum atomic E-state index is -0.120. The third kappa shape index (κ3) is 4.03. The lowest BCUT2D eigenvalue weighted by atomic mass is 10.1. The van der Waals surface area contributed by atoms with Gasteiger partial charge in [-0.25, -0.2) is 9.79 Å². The minimum absolute atomic E-state index is 0.120. The summed E-state index contributed by atoms with van der Waals surface area (Å²) in [6.45, 7) is 6.18. The van der Waals surface area contributed by atoms with Crippen molar-refractivity contribution in [2.45, 2.75) is 25.7 Å². The zero-order valence-corrected chi connectivity index (χ0v) is 18.8. The van der Waals surface area contributed by atoms with E-state index in [-0.39, 0.29) is 5.69 Å². The quantitative estimate of drug-likeness (QED) is 0.605. The number of thioether (sulfide) groups is 1. The van der Waals surface area contributed by atoms with Crippen LogP contribution in [0.3, 0.4) is 0 Å². The Labute approximate surface area is 175 Å². The Balaban J connectivity index is 2.28. The Kier molecular flexibility index (Phi) is 6.03. The van der Waals surface area contributed by atoms with Gasteiger partial charge in [-0.2, -0.15) is 0 Å². The first-order valence-corrected chi connectivity index (χ1v) is 10.6. The largest absolute Gasteiger partial charge is 0.496 e. The summed E-state index contributed by atoms with van der Waals surface area (Å²) in [5.74, 6) is 0.823. The van der Waals surface area contributed by atoms with Crippen LogP contribution in [0.2, 0.25) is 0 Å². The van der Waals surface area contributed by atoms with E-state index in [1.54, 1.807) is 42.1 Å². The van der Waals surface area contributed by atoms with E-state index >= 15 is 0 Å². The van der Waals surface area contributed by atoms with Crippen LogP contribution in [-0.4, -0.2) is 22.5 Å². The highest BCUT2D eigenvalue weighted by Crippen LogP contribution is 2.32. The molecule has 0 N–H and O–H groups in total. The standard InChI is InChI=1S/C23H27N3O2S/c1-14-10-15(2)22(16(3)11-14)24-21-13-18(25(4)23(27)26(21)5)17-8-9-19(28-6)20(12-17)29-7/h8-13H,1-7H3/b24-21-. The molecule has 0 aliphatic carbocycles. The molecule has 0 bridgehead atoms. The first-order chi connectivity index (χ1) is 13.8. The average molecular weight is 410 g/mol. The monoisotopic (exact) mass is 409 g/mol. The van der Waals surface area contributed by atoms with Crippen molar-refractivity contribution in [1.82, 2.24) is 9.13 Å². The predicted molar refractivity (Wildman–Crippen MR) is 120 cm³/mol. The maximum Gasteiger partial charge on any atom is 0.329 e. The number of nitrogens with zero attached hydrogens (tertiary/aromatic N) is 3. The van der Waals surface area contributed by atoms with Gasteiger partial charge in [-0.15, -0.1) is 11.8 Å². The van der Waals surface area contributed by atoms with Crippen molar-refractivity contribution in [2.75, 3.05) is 13.4 Å². The molecule has 0 aliphatic rings. The average Bonchev–Trinajstić information content (AvgIpc) is 2.69. The molecule has 5 nitrogen and oxygen atoms in total. The number of rotatable bonds is 4. The molecule has 1 heterocycles. The van der Waals surface area contributed by atoms with Crippen molar-refractivity contribution in [3.63, 3.8) is 0 Å². The van der Waals surface area contributed by atoms with Gasteiger partial charge < -0.3 is 4.74 Å². The highest BCUT2D eigenvalue weighted by Gasteiger charge is 2.11. The molecule has 0 amide bonds. The molecular weight excluding hydrogens is 382 g/mol. The van der Waals surface area contributed by atoms with Crippen LogP contribution in [-0.2, 0) is 14.1 Å². The fraction of sp³-hybridized carbons (Fsp3) is 0.304. The van der Waals surface area contributed by atoms with Crippen molar-refractivity contribution in [2.24, 2.45) is 19.1 Å². The van der Waals surface area contributed by atoms with Crippen LogP contribution < -0.4 is 15.9 Å². The van der Waals surface area contributed by atoms with E-state index in [4.69, 9.17) is 9.73 Å². The molecule has 29 heavy (non-hydrogen) atoms. The Hall–Kier alpha value is -2.73. The maximum absolute atomic E-state index is 12.9. The van der Waals surface area contributed by atoms with E-state index in [9.17, 15) is 4.79 Å². The normalized spacial score (nSPS) is 11.8. The van der Waals surface area contributed by atoms with E-state index in [2.05, 4.69) is 32.9 Å². The van der Waals surface area contributed by atoms with Crippen molar-refractivity contribution in [3.05, 3.63) is 69.1 Å². The number of aryl methyl sites for hydroxylation is 3. The predicted octanol–water partition coefficient (Wildman–Crippen LogP) is 4.28. The first kappa shape index (κ1) is 21.0. The van der Waals surface area contributed by atoms with Crippen LogP contribution in [0, 0.1) is 20.8 Å². The van der Waals surface area contributed by atoms with Gasteiger partial charge in [0, 0.05) is 25.1 Å². The van der Waals surface area contributed by atoms with Gasteiger partial charge in [0.1, 0.15) is 11.2 Å². The first-order valence-electron chi connectivity index (χ1n) is 9.39. The third-order valence-electron chi connectivity index (χ3n) is 5.09. The van der Waals surface area contributed by atoms with Crippen LogP contribution in [0.4, 0.5) is 5.69 Å². The summed E-state index contributed by atoms with van der Waals surface area (Å²) < 4.78 is 8.66. The highest BCUT2D eigenvalue weighted by molar-refractivity contribution is 7.98.